The SMILES string of the molecule is CC(C)(C)c1nc2ccccc2s1.CSOOO. The molecule has 1 aromatic carbocycles. The van der Waals surface area contributed by atoms with Gasteiger partial charge in [0.2, 0.25) is 0 Å². The van der Waals surface area contributed by atoms with E-state index in [1.807, 2.05) is 6.07 Å². The Morgan fingerprint density at radius 2 is 1.94 bits per heavy atom. The maximum absolute atomic E-state index is 7.32. The summed E-state index contributed by atoms with van der Waals surface area (Å²) >= 11 is 2.72. The zero-order valence-corrected chi connectivity index (χ0v) is 12.5. The molecule has 0 radical (unpaired) electrons. The molecule has 0 unspecified atom stereocenters. The standard InChI is InChI=1S/C11H13NS.CH4O3S/c1-11(2,3)10-12-8-6-4-5-7-9(8)13-10;1-5-4-3-2/h4-7H,1-3H3;2H,1H3. The second-order valence-electron chi connectivity index (χ2n) is 4.55. The van der Waals surface area contributed by atoms with Gasteiger partial charge in [-0.2, -0.15) is 0 Å². The predicted molar refractivity (Wildman–Crippen MR) is 76.6 cm³/mol. The first-order chi connectivity index (χ1) is 8.49. The van der Waals surface area contributed by atoms with E-state index in [2.05, 4.69) is 53.3 Å². The number of benzene rings is 1. The molecule has 6 heteroatoms. The van der Waals surface area contributed by atoms with Crippen molar-refractivity contribution in [1.82, 2.24) is 4.98 Å². The van der Waals surface area contributed by atoms with Crippen molar-refractivity contribution in [2.75, 3.05) is 6.26 Å². The van der Waals surface area contributed by atoms with E-state index in [9.17, 15) is 0 Å². The lowest BCUT2D eigenvalue weighted by Gasteiger charge is -2.13. The highest BCUT2D eigenvalue weighted by atomic mass is 32.2. The summed E-state index contributed by atoms with van der Waals surface area (Å²) in [6, 6.07) is 8.30. The van der Waals surface area contributed by atoms with Crippen LogP contribution < -0.4 is 0 Å². The Bertz CT molecular complexity index is 444. The van der Waals surface area contributed by atoms with Crippen molar-refractivity contribution in [3.63, 3.8) is 0 Å². The molecule has 0 spiro atoms. The van der Waals surface area contributed by atoms with E-state index in [1.54, 1.807) is 17.6 Å². The normalized spacial score (nSPS) is 11.2. The van der Waals surface area contributed by atoms with Gasteiger partial charge >= 0.3 is 0 Å². The number of aromatic nitrogens is 1. The molecule has 1 N–H and O–H groups in total. The summed E-state index contributed by atoms with van der Waals surface area (Å²) in [6.45, 7) is 6.60. The van der Waals surface area contributed by atoms with Crippen LogP contribution in [0.4, 0.5) is 0 Å². The number of fused-ring (bicyclic) bond motifs is 1. The molecule has 4 nitrogen and oxygen atoms in total. The molecule has 100 valence electrons. The van der Waals surface area contributed by atoms with Crippen LogP contribution >= 0.6 is 23.4 Å². The third-order valence-corrected chi connectivity index (χ3v) is 3.69. The van der Waals surface area contributed by atoms with Gasteiger partial charge in [-0.25, -0.2) is 10.2 Å². The molecule has 1 heterocycles. The molecule has 0 atom stereocenters. The Kier molecular flexibility index (Phi) is 6.04. The molecule has 0 aliphatic heterocycles. The minimum Gasteiger partial charge on any atom is -0.241 e. The van der Waals surface area contributed by atoms with Gasteiger partial charge in [-0.15, -0.1) is 15.7 Å². The zero-order valence-electron chi connectivity index (χ0n) is 10.8. The van der Waals surface area contributed by atoms with E-state index >= 15 is 0 Å². The number of hydrogen-bond acceptors (Lipinski definition) is 6. The van der Waals surface area contributed by atoms with Gasteiger partial charge in [0.05, 0.1) is 15.2 Å². The molecule has 0 fully saturated rings. The Morgan fingerprint density at radius 3 is 2.39 bits per heavy atom. The summed E-state index contributed by atoms with van der Waals surface area (Å²) in [7, 11) is 0. The molecule has 0 aliphatic carbocycles. The average molecular weight is 287 g/mol. The van der Waals surface area contributed by atoms with E-state index in [0.29, 0.717) is 0 Å². The molecular formula is C12H17NO3S2. The molecule has 1 aromatic heterocycles. The summed E-state index contributed by atoms with van der Waals surface area (Å²) in [5.74, 6) is 0. The first-order valence-corrected chi connectivity index (χ1v) is 7.32. The maximum Gasteiger partial charge on any atom is 0.0992 e. The summed E-state index contributed by atoms with van der Waals surface area (Å²) in [5, 5.41) is 11.7. The first-order valence-electron chi connectivity index (χ1n) is 5.36. The first kappa shape index (κ1) is 15.4. The van der Waals surface area contributed by atoms with Gasteiger partial charge in [0.15, 0.2) is 0 Å². The predicted octanol–water partition coefficient (Wildman–Crippen LogP) is 4.28. The largest absolute Gasteiger partial charge is 0.241 e. The summed E-state index contributed by atoms with van der Waals surface area (Å²) in [4.78, 5) is 4.60. The summed E-state index contributed by atoms with van der Waals surface area (Å²) in [6.07, 6.45) is 1.62. The third kappa shape index (κ3) is 4.55. The molecule has 18 heavy (non-hydrogen) atoms. The molecule has 0 bridgehead atoms. The highest BCUT2D eigenvalue weighted by molar-refractivity contribution is 7.93. The quantitative estimate of drug-likeness (QED) is 0.507. The van der Waals surface area contributed by atoms with Crippen LogP contribution in [0.2, 0.25) is 0 Å². The van der Waals surface area contributed by atoms with Crippen molar-refractivity contribution in [1.29, 1.82) is 0 Å². The van der Waals surface area contributed by atoms with Gasteiger partial charge in [0.25, 0.3) is 0 Å². The fraction of sp³-hybridized carbons (Fsp3) is 0.417. The molecule has 0 amide bonds. The van der Waals surface area contributed by atoms with Crippen LogP contribution in [0.1, 0.15) is 25.8 Å². The molecule has 2 rings (SSSR count). The van der Waals surface area contributed by atoms with Crippen LogP contribution in [0, 0.1) is 0 Å². The maximum atomic E-state index is 7.32. The van der Waals surface area contributed by atoms with Crippen LogP contribution in [0.15, 0.2) is 24.3 Å². The lowest BCUT2D eigenvalue weighted by Crippen LogP contribution is -2.09. The van der Waals surface area contributed by atoms with Gasteiger partial charge in [0, 0.05) is 23.7 Å². The van der Waals surface area contributed by atoms with E-state index in [1.165, 1.54) is 9.71 Å². The van der Waals surface area contributed by atoms with Crippen LogP contribution in [-0.2, 0) is 14.8 Å². The fourth-order valence-corrected chi connectivity index (χ4v) is 2.31. The van der Waals surface area contributed by atoms with Crippen molar-refractivity contribution in [3.8, 4) is 0 Å². The smallest absolute Gasteiger partial charge is 0.0992 e. The molecule has 2 aromatic rings. The Balaban J connectivity index is 0.000000280. The molecule has 0 saturated heterocycles. The number of hydrogen-bond donors (Lipinski definition) is 1. The molecule has 0 aliphatic rings. The van der Waals surface area contributed by atoms with Crippen molar-refractivity contribution >= 4 is 33.6 Å². The van der Waals surface area contributed by atoms with Crippen molar-refractivity contribution in [3.05, 3.63) is 29.3 Å². The second kappa shape index (κ2) is 7.06. The number of rotatable bonds is 2. The van der Waals surface area contributed by atoms with Crippen LogP contribution in [0.5, 0.6) is 0 Å². The fourth-order valence-electron chi connectivity index (χ4n) is 1.22. The monoisotopic (exact) mass is 287 g/mol. The lowest BCUT2D eigenvalue weighted by molar-refractivity contribution is -0.432. The minimum absolute atomic E-state index is 0.170. The summed E-state index contributed by atoms with van der Waals surface area (Å²) < 4.78 is 5.09. The Hall–Kier alpha value is -0.660. The van der Waals surface area contributed by atoms with Crippen molar-refractivity contribution in [2.45, 2.75) is 26.2 Å². The third-order valence-electron chi connectivity index (χ3n) is 2.03. The van der Waals surface area contributed by atoms with Crippen LogP contribution in [-0.4, -0.2) is 16.5 Å². The van der Waals surface area contributed by atoms with Gasteiger partial charge in [-0.05, 0) is 12.1 Å². The van der Waals surface area contributed by atoms with Gasteiger partial charge in [-0.1, -0.05) is 37.9 Å². The number of para-hydroxylation sites is 1. The van der Waals surface area contributed by atoms with E-state index in [0.717, 1.165) is 17.6 Å². The highest BCUT2D eigenvalue weighted by Gasteiger charge is 2.18. The van der Waals surface area contributed by atoms with Crippen LogP contribution in [0.25, 0.3) is 10.2 Å². The second-order valence-corrected chi connectivity index (χ2v) is 6.05. The van der Waals surface area contributed by atoms with Crippen LogP contribution in [0.3, 0.4) is 0 Å². The van der Waals surface area contributed by atoms with E-state index in [-0.39, 0.29) is 5.41 Å². The van der Waals surface area contributed by atoms with Gasteiger partial charge in [0.1, 0.15) is 0 Å². The zero-order chi connectivity index (χ0) is 13.6. The molecular weight excluding hydrogens is 270 g/mol. The minimum atomic E-state index is 0.170. The Labute approximate surface area is 115 Å². The Morgan fingerprint density at radius 1 is 1.28 bits per heavy atom. The van der Waals surface area contributed by atoms with Crippen molar-refractivity contribution < 1.29 is 14.6 Å². The highest BCUT2D eigenvalue weighted by Crippen LogP contribution is 2.30. The average Bonchev–Trinajstić information content (AvgIpc) is 2.74. The van der Waals surface area contributed by atoms with Gasteiger partial charge in [-0.3, -0.25) is 0 Å². The topological polar surface area (TPSA) is 51.6 Å². The number of thiazole rings is 1. The van der Waals surface area contributed by atoms with Crippen molar-refractivity contribution in [2.24, 2.45) is 0 Å². The lowest BCUT2D eigenvalue weighted by atomic mass is 9.98. The number of nitrogens with zero attached hydrogens (tertiary/aromatic N) is 1. The summed E-state index contributed by atoms with van der Waals surface area (Å²) in [5.41, 5.74) is 1.29. The van der Waals surface area contributed by atoms with Gasteiger partial charge < -0.3 is 0 Å². The van der Waals surface area contributed by atoms with E-state index in [4.69, 9.17) is 5.26 Å². The van der Waals surface area contributed by atoms with E-state index < -0.39 is 0 Å². The molecule has 0 saturated carbocycles.